The summed E-state index contributed by atoms with van der Waals surface area (Å²) in [4.78, 5) is 14.5. The smallest absolute Gasteiger partial charge is 0.178 e. The van der Waals surface area contributed by atoms with E-state index in [-0.39, 0.29) is 5.78 Å². The monoisotopic (exact) mass is 282 g/mol. The van der Waals surface area contributed by atoms with Crippen LogP contribution < -0.4 is 0 Å². The van der Waals surface area contributed by atoms with Gasteiger partial charge in [-0.05, 0) is 52.3 Å². The molecule has 1 aromatic heterocycles. The molecule has 108 valence electrons. The number of hydrogen-bond acceptors (Lipinski definition) is 3. The average Bonchev–Trinajstić information content (AvgIpc) is 2.63. The molecule has 1 aromatic rings. The van der Waals surface area contributed by atoms with Crippen LogP contribution in [-0.4, -0.2) is 46.9 Å². The first kappa shape index (κ1) is 16.3. The first-order valence-corrected chi connectivity index (χ1v) is 8.13. The zero-order valence-corrected chi connectivity index (χ0v) is 13.8. The fourth-order valence-electron chi connectivity index (χ4n) is 2.11. The maximum Gasteiger partial charge on any atom is 0.178 e. The van der Waals surface area contributed by atoms with Crippen molar-refractivity contribution in [1.29, 1.82) is 0 Å². The Labute approximate surface area is 121 Å². The minimum Gasteiger partial charge on any atom is -0.351 e. The van der Waals surface area contributed by atoms with Gasteiger partial charge >= 0.3 is 0 Å². The summed E-state index contributed by atoms with van der Waals surface area (Å²) in [5.41, 5.74) is 3.07. The van der Waals surface area contributed by atoms with Gasteiger partial charge in [0, 0.05) is 30.0 Å². The fraction of sp³-hybridized carbons (Fsp3) is 0.667. The normalized spacial score (nSPS) is 13.0. The molecular weight excluding hydrogens is 256 g/mol. The van der Waals surface area contributed by atoms with E-state index >= 15 is 0 Å². The lowest BCUT2D eigenvalue weighted by molar-refractivity contribution is 0.0923. The minimum atomic E-state index is 0.222. The van der Waals surface area contributed by atoms with Crippen LogP contribution in [0.15, 0.2) is 6.07 Å². The Balaban J connectivity index is 2.66. The first-order valence-electron chi connectivity index (χ1n) is 6.73. The van der Waals surface area contributed by atoms with Gasteiger partial charge in [0.2, 0.25) is 0 Å². The van der Waals surface area contributed by atoms with E-state index in [9.17, 15) is 4.79 Å². The Morgan fingerprint density at radius 1 is 1.47 bits per heavy atom. The van der Waals surface area contributed by atoms with Gasteiger partial charge in [-0.15, -0.1) is 0 Å². The van der Waals surface area contributed by atoms with Crippen molar-refractivity contribution in [2.24, 2.45) is 7.05 Å². The van der Waals surface area contributed by atoms with Crippen LogP contribution in [0.3, 0.4) is 0 Å². The van der Waals surface area contributed by atoms with Crippen LogP contribution in [0.2, 0.25) is 0 Å². The van der Waals surface area contributed by atoms with Gasteiger partial charge in [-0.3, -0.25) is 9.69 Å². The Bertz CT molecular complexity index is 440. The lowest BCUT2D eigenvalue weighted by atomic mass is 10.1. The number of nitrogens with zero attached hydrogens (tertiary/aromatic N) is 2. The molecule has 3 nitrogen and oxygen atoms in total. The number of aryl methyl sites for hydroxylation is 1. The van der Waals surface area contributed by atoms with Crippen molar-refractivity contribution in [1.82, 2.24) is 9.47 Å². The van der Waals surface area contributed by atoms with E-state index in [4.69, 9.17) is 0 Å². The molecule has 0 saturated carbocycles. The van der Waals surface area contributed by atoms with E-state index in [0.29, 0.717) is 12.6 Å². The Morgan fingerprint density at radius 3 is 2.58 bits per heavy atom. The number of Topliss-reactive ketones (excluding diaryl/α,β-unsaturated/α-hetero) is 1. The third-order valence-corrected chi connectivity index (χ3v) is 4.60. The van der Waals surface area contributed by atoms with Crippen molar-refractivity contribution in [3.05, 3.63) is 23.0 Å². The number of rotatable bonds is 7. The van der Waals surface area contributed by atoms with E-state index in [1.165, 1.54) is 0 Å². The highest BCUT2D eigenvalue weighted by Crippen LogP contribution is 2.15. The highest BCUT2D eigenvalue weighted by Gasteiger charge is 2.18. The molecule has 1 unspecified atom stereocenters. The first-order chi connectivity index (χ1) is 8.88. The summed E-state index contributed by atoms with van der Waals surface area (Å²) in [5.74, 6) is 1.36. The number of aromatic nitrogens is 1. The molecule has 0 radical (unpaired) electrons. The van der Waals surface area contributed by atoms with Gasteiger partial charge in [-0.2, -0.15) is 11.8 Å². The minimum absolute atomic E-state index is 0.222. The van der Waals surface area contributed by atoms with Gasteiger partial charge in [0.1, 0.15) is 0 Å². The van der Waals surface area contributed by atoms with E-state index in [0.717, 1.165) is 29.1 Å². The van der Waals surface area contributed by atoms with E-state index < -0.39 is 0 Å². The molecule has 19 heavy (non-hydrogen) atoms. The van der Waals surface area contributed by atoms with Crippen LogP contribution >= 0.6 is 11.8 Å². The van der Waals surface area contributed by atoms with Gasteiger partial charge in [0.25, 0.3) is 0 Å². The summed E-state index contributed by atoms with van der Waals surface area (Å²) in [6.07, 6.45) is 3.24. The largest absolute Gasteiger partial charge is 0.351 e. The number of ketones is 1. The maximum atomic E-state index is 12.4. The van der Waals surface area contributed by atoms with Crippen molar-refractivity contribution < 1.29 is 4.79 Å². The molecule has 0 fully saturated rings. The SMILES string of the molecule is CSCCC(C)N(C)CC(=O)c1cc(C)n(C)c1C. The summed E-state index contributed by atoms with van der Waals surface area (Å²) in [7, 11) is 4.04. The molecule has 0 aliphatic heterocycles. The molecule has 0 saturated heterocycles. The number of carbonyl (C=O) groups is 1. The molecule has 0 aromatic carbocycles. The van der Waals surface area contributed by atoms with Gasteiger partial charge in [-0.1, -0.05) is 0 Å². The standard InChI is InChI=1S/C15H26N2OS/c1-11(7-8-19-6)16(4)10-15(18)14-9-12(2)17(5)13(14)3/h9,11H,7-8,10H2,1-6H3. The highest BCUT2D eigenvalue weighted by atomic mass is 32.2. The molecule has 1 rings (SSSR count). The van der Waals surface area contributed by atoms with E-state index in [2.05, 4.69) is 22.6 Å². The zero-order chi connectivity index (χ0) is 14.6. The number of thioether (sulfide) groups is 1. The third kappa shape index (κ3) is 4.11. The van der Waals surface area contributed by atoms with Gasteiger partial charge in [0.15, 0.2) is 5.78 Å². The van der Waals surface area contributed by atoms with E-state index in [1.807, 2.05) is 45.8 Å². The molecule has 4 heteroatoms. The second-order valence-electron chi connectivity index (χ2n) is 5.31. The average molecular weight is 282 g/mol. The highest BCUT2D eigenvalue weighted by molar-refractivity contribution is 7.98. The molecular formula is C15H26N2OS. The molecule has 1 heterocycles. The van der Waals surface area contributed by atoms with Crippen molar-refractivity contribution in [2.45, 2.75) is 33.2 Å². The van der Waals surface area contributed by atoms with Crippen LogP contribution in [-0.2, 0) is 7.05 Å². The van der Waals surface area contributed by atoms with Crippen LogP contribution in [0.4, 0.5) is 0 Å². The summed E-state index contributed by atoms with van der Waals surface area (Å²) < 4.78 is 2.07. The molecule has 0 N–H and O–H groups in total. The summed E-state index contributed by atoms with van der Waals surface area (Å²) in [6, 6.07) is 2.44. The molecule has 0 amide bonds. The third-order valence-electron chi connectivity index (χ3n) is 3.96. The van der Waals surface area contributed by atoms with Crippen LogP contribution in [0.25, 0.3) is 0 Å². The molecule has 1 atom stereocenters. The van der Waals surface area contributed by atoms with Gasteiger partial charge in [0.05, 0.1) is 6.54 Å². The van der Waals surface area contributed by atoms with Crippen molar-refractivity contribution >= 4 is 17.5 Å². The summed E-state index contributed by atoms with van der Waals surface area (Å²) in [6.45, 7) is 6.73. The number of likely N-dealkylation sites (N-methyl/N-ethyl adjacent to an activating group) is 1. The van der Waals surface area contributed by atoms with Crippen LogP contribution in [0.1, 0.15) is 35.1 Å². The second kappa shape index (κ2) is 7.15. The predicted octanol–water partition coefficient (Wildman–Crippen LogP) is 2.90. The molecule has 0 aliphatic carbocycles. The van der Waals surface area contributed by atoms with Crippen molar-refractivity contribution in [3.63, 3.8) is 0 Å². The molecule has 0 bridgehead atoms. The maximum absolute atomic E-state index is 12.4. The van der Waals surface area contributed by atoms with Crippen molar-refractivity contribution in [3.8, 4) is 0 Å². The van der Waals surface area contributed by atoms with Gasteiger partial charge < -0.3 is 4.57 Å². The van der Waals surface area contributed by atoms with Gasteiger partial charge in [-0.25, -0.2) is 0 Å². The van der Waals surface area contributed by atoms with Crippen LogP contribution in [0.5, 0.6) is 0 Å². The van der Waals surface area contributed by atoms with Crippen LogP contribution in [0, 0.1) is 13.8 Å². The Hall–Kier alpha value is -0.740. The summed E-state index contributed by atoms with van der Waals surface area (Å²) >= 11 is 1.86. The topological polar surface area (TPSA) is 25.2 Å². The lowest BCUT2D eigenvalue weighted by Gasteiger charge is -2.23. The Kier molecular flexibility index (Phi) is 6.14. The van der Waals surface area contributed by atoms with E-state index in [1.54, 1.807) is 0 Å². The predicted molar refractivity (Wildman–Crippen MR) is 84.3 cm³/mol. The number of carbonyl (C=O) groups excluding carboxylic acids is 1. The number of hydrogen-bond donors (Lipinski definition) is 0. The Morgan fingerprint density at radius 2 is 2.11 bits per heavy atom. The fourth-order valence-corrected chi connectivity index (χ4v) is 2.69. The lowest BCUT2D eigenvalue weighted by Crippen LogP contribution is -2.34. The zero-order valence-electron chi connectivity index (χ0n) is 13.0. The van der Waals surface area contributed by atoms with Crippen molar-refractivity contribution in [2.75, 3.05) is 25.6 Å². The molecule has 0 spiro atoms. The molecule has 0 aliphatic rings. The quantitative estimate of drug-likeness (QED) is 0.719. The summed E-state index contributed by atoms with van der Waals surface area (Å²) in [5, 5.41) is 0. The second-order valence-corrected chi connectivity index (χ2v) is 6.30.